The fourth-order valence-corrected chi connectivity index (χ4v) is 3.32. The van der Waals surface area contributed by atoms with E-state index in [2.05, 4.69) is 31.2 Å². The summed E-state index contributed by atoms with van der Waals surface area (Å²) in [6.07, 6.45) is 0. The van der Waals surface area contributed by atoms with Crippen LogP contribution >= 0.6 is 11.6 Å². The highest BCUT2D eigenvalue weighted by Crippen LogP contribution is 2.23. The average Bonchev–Trinajstić information content (AvgIpc) is 2.83. The van der Waals surface area contributed by atoms with Crippen molar-refractivity contribution >= 4 is 52.1 Å². The van der Waals surface area contributed by atoms with Crippen molar-refractivity contribution in [2.24, 2.45) is 0 Å². The van der Waals surface area contributed by atoms with Crippen molar-refractivity contribution in [2.75, 3.05) is 28.4 Å². The molecule has 0 aliphatic rings. The van der Waals surface area contributed by atoms with Crippen LogP contribution in [0.5, 0.6) is 5.75 Å². The van der Waals surface area contributed by atoms with Crippen molar-refractivity contribution < 1.29 is 13.9 Å². The summed E-state index contributed by atoms with van der Waals surface area (Å²) in [6, 6.07) is 19.9. The predicted octanol–water partition coefficient (Wildman–Crippen LogP) is 6.72. The molecule has 8 nitrogen and oxygen atoms in total. The van der Waals surface area contributed by atoms with Gasteiger partial charge in [-0.3, -0.25) is 0 Å². The summed E-state index contributed by atoms with van der Waals surface area (Å²) in [5.41, 5.74) is 3.33. The quantitative estimate of drug-likeness (QED) is 0.228. The Balaban J connectivity index is 1.37. The number of rotatable bonds is 7. The van der Waals surface area contributed by atoms with Crippen molar-refractivity contribution in [3.8, 4) is 5.75 Å². The molecular formula is C25H22ClFN6O2. The number of methoxy groups -OCH3 is 1. The van der Waals surface area contributed by atoms with Crippen LogP contribution in [0, 0.1) is 12.7 Å². The van der Waals surface area contributed by atoms with E-state index in [0.717, 1.165) is 22.8 Å². The lowest BCUT2D eigenvalue weighted by atomic mass is 10.3. The standard InChI is InChI=1S/C25H22ClFN6O2/c1-15-13-23(29-16-7-10-20(35-2)11-8-16)33-24(28-15)30-17-3-5-18(6-4-17)31-25(34)32-19-9-12-22(27)21(26)14-19/h3-14H,1-2H3,(H2,31,32,34)(H2,28,29,30,33). The molecule has 0 radical (unpaired) electrons. The molecule has 3 aromatic carbocycles. The molecule has 0 saturated carbocycles. The van der Waals surface area contributed by atoms with Crippen LogP contribution in [0.1, 0.15) is 5.69 Å². The highest BCUT2D eigenvalue weighted by Gasteiger charge is 2.07. The minimum Gasteiger partial charge on any atom is -0.497 e. The molecular weight excluding hydrogens is 471 g/mol. The third-order valence-corrected chi connectivity index (χ3v) is 5.08. The molecule has 0 aliphatic heterocycles. The molecule has 4 rings (SSSR count). The van der Waals surface area contributed by atoms with Gasteiger partial charge >= 0.3 is 6.03 Å². The Bertz CT molecular complexity index is 1330. The molecule has 10 heteroatoms. The van der Waals surface area contributed by atoms with Crippen LogP contribution in [0.2, 0.25) is 5.02 Å². The monoisotopic (exact) mass is 492 g/mol. The van der Waals surface area contributed by atoms with Crippen LogP contribution in [-0.2, 0) is 0 Å². The average molecular weight is 493 g/mol. The van der Waals surface area contributed by atoms with E-state index >= 15 is 0 Å². The minimum absolute atomic E-state index is 0.0704. The van der Waals surface area contributed by atoms with Gasteiger partial charge in [0.1, 0.15) is 17.4 Å². The lowest BCUT2D eigenvalue weighted by Crippen LogP contribution is -2.19. The fourth-order valence-electron chi connectivity index (χ4n) is 3.14. The van der Waals surface area contributed by atoms with Crippen molar-refractivity contribution in [3.05, 3.63) is 89.3 Å². The molecule has 4 N–H and O–H groups in total. The second kappa shape index (κ2) is 10.7. The Morgan fingerprint density at radius 2 is 1.43 bits per heavy atom. The van der Waals surface area contributed by atoms with Crippen molar-refractivity contribution in [2.45, 2.75) is 6.92 Å². The number of aromatic nitrogens is 2. The molecule has 178 valence electrons. The third kappa shape index (κ3) is 6.58. The molecule has 0 atom stereocenters. The lowest BCUT2D eigenvalue weighted by Gasteiger charge is -2.11. The van der Waals surface area contributed by atoms with E-state index in [4.69, 9.17) is 16.3 Å². The number of halogens is 2. The number of carbonyl (C=O) groups is 1. The topological polar surface area (TPSA) is 100 Å². The van der Waals surface area contributed by atoms with Gasteiger partial charge in [0.15, 0.2) is 0 Å². The highest BCUT2D eigenvalue weighted by atomic mass is 35.5. The number of hydrogen-bond donors (Lipinski definition) is 4. The third-order valence-electron chi connectivity index (χ3n) is 4.79. The lowest BCUT2D eigenvalue weighted by molar-refractivity contribution is 0.262. The second-order valence-electron chi connectivity index (χ2n) is 7.48. The number of hydrogen-bond acceptors (Lipinski definition) is 6. The van der Waals surface area contributed by atoms with E-state index in [1.165, 1.54) is 18.2 Å². The molecule has 0 fully saturated rings. The number of benzene rings is 3. The number of nitrogens with one attached hydrogen (secondary N) is 4. The maximum absolute atomic E-state index is 13.3. The Morgan fingerprint density at radius 3 is 2.11 bits per heavy atom. The molecule has 0 saturated heterocycles. The second-order valence-corrected chi connectivity index (χ2v) is 7.89. The SMILES string of the molecule is COc1ccc(Nc2cc(C)nc(Nc3ccc(NC(=O)Nc4ccc(F)c(Cl)c4)cc3)n2)cc1. The Kier molecular flexibility index (Phi) is 7.27. The van der Waals surface area contributed by atoms with Crippen LogP contribution < -0.4 is 26.0 Å². The summed E-state index contributed by atoms with van der Waals surface area (Å²) in [6.45, 7) is 1.88. The smallest absolute Gasteiger partial charge is 0.323 e. The van der Waals surface area contributed by atoms with Gasteiger partial charge in [0.25, 0.3) is 0 Å². The summed E-state index contributed by atoms with van der Waals surface area (Å²) < 4.78 is 18.4. The van der Waals surface area contributed by atoms with Crippen LogP contribution in [0.3, 0.4) is 0 Å². The van der Waals surface area contributed by atoms with Crippen LogP contribution in [-0.4, -0.2) is 23.1 Å². The largest absolute Gasteiger partial charge is 0.497 e. The first-order valence-electron chi connectivity index (χ1n) is 10.5. The van der Waals surface area contributed by atoms with Crippen molar-refractivity contribution in [1.29, 1.82) is 0 Å². The first kappa shape index (κ1) is 23.8. The number of anilines is 6. The maximum Gasteiger partial charge on any atom is 0.323 e. The predicted molar refractivity (Wildman–Crippen MR) is 137 cm³/mol. The van der Waals surface area contributed by atoms with Gasteiger partial charge in [-0.1, -0.05) is 11.6 Å². The van der Waals surface area contributed by atoms with E-state index in [1.54, 1.807) is 31.4 Å². The van der Waals surface area contributed by atoms with E-state index in [-0.39, 0.29) is 5.02 Å². The number of ether oxygens (including phenoxy) is 1. The Hall–Kier alpha value is -4.37. The first-order chi connectivity index (χ1) is 16.9. The van der Waals surface area contributed by atoms with Gasteiger partial charge in [0, 0.05) is 34.5 Å². The Morgan fingerprint density at radius 1 is 0.829 bits per heavy atom. The summed E-state index contributed by atoms with van der Waals surface area (Å²) >= 11 is 5.74. The van der Waals surface area contributed by atoms with Gasteiger partial charge in [-0.25, -0.2) is 14.2 Å². The normalized spacial score (nSPS) is 10.4. The molecule has 1 aromatic heterocycles. The molecule has 0 spiro atoms. The molecule has 1 heterocycles. The van der Waals surface area contributed by atoms with Gasteiger partial charge < -0.3 is 26.0 Å². The fraction of sp³-hybridized carbons (Fsp3) is 0.0800. The van der Waals surface area contributed by atoms with Gasteiger partial charge in [-0.05, 0) is 73.7 Å². The summed E-state index contributed by atoms with van der Waals surface area (Å²) in [7, 11) is 1.62. The van der Waals surface area contributed by atoms with E-state index < -0.39 is 11.8 Å². The highest BCUT2D eigenvalue weighted by molar-refractivity contribution is 6.31. The number of aryl methyl sites for hydroxylation is 1. The van der Waals surface area contributed by atoms with E-state index in [9.17, 15) is 9.18 Å². The Labute approximate surface area is 206 Å². The van der Waals surface area contributed by atoms with Gasteiger partial charge in [-0.2, -0.15) is 4.98 Å². The zero-order valence-electron chi connectivity index (χ0n) is 18.9. The first-order valence-corrected chi connectivity index (χ1v) is 10.9. The molecule has 35 heavy (non-hydrogen) atoms. The molecule has 0 unspecified atom stereocenters. The molecule has 4 aromatic rings. The number of carbonyl (C=O) groups excluding carboxylic acids is 1. The molecule has 2 amide bonds. The van der Waals surface area contributed by atoms with Gasteiger partial charge in [0.05, 0.1) is 12.1 Å². The van der Waals surface area contributed by atoms with Crippen molar-refractivity contribution in [1.82, 2.24) is 9.97 Å². The number of nitrogens with zero attached hydrogens (tertiary/aromatic N) is 2. The van der Waals surface area contributed by atoms with Gasteiger partial charge in [-0.15, -0.1) is 0 Å². The summed E-state index contributed by atoms with van der Waals surface area (Å²) in [4.78, 5) is 21.2. The summed E-state index contributed by atoms with van der Waals surface area (Å²) in [5.74, 6) is 1.28. The van der Waals surface area contributed by atoms with Crippen LogP contribution in [0.4, 0.5) is 43.7 Å². The maximum atomic E-state index is 13.3. The van der Waals surface area contributed by atoms with Crippen molar-refractivity contribution in [3.63, 3.8) is 0 Å². The zero-order valence-corrected chi connectivity index (χ0v) is 19.7. The van der Waals surface area contributed by atoms with E-state index in [1.807, 2.05) is 37.3 Å². The zero-order chi connectivity index (χ0) is 24.8. The minimum atomic E-state index is -0.554. The van der Waals surface area contributed by atoms with Gasteiger partial charge in [0.2, 0.25) is 5.95 Å². The molecule has 0 aliphatic carbocycles. The number of amides is 2. The number of urea groups is 1. The summed E-state index contributed by atoms with van der Waals surface area (Å²) in [5, 5.41) is 11.6. The molecule has 0 bridgehead atoms. The van der Waals surface area contributed by atoms with E-state index in [0.29, 0.717) is 23.1 Å². The van der Waals surface area contributed by atoms with Crippen LogP contribution in [0.15, 0.2) is 72.8 Å². The van der Waals surface area contributed by atoms with Crippen LogP contribution in [0.25, 0.3) is 0 Å².